The Labute approximate surface area is 161 Å². The number of amides is 1. The lowest BCUT2D eigenvalue weighted by Gasteiger charge is -2.22. The zero-order valence-corrected chi connectivity index (χ0v) is 17.4. The van der Waals surface area contributed by atoms with E-state index in [0.717, 1.165) is 5.56 Å². The number of nitrogens with one attached hydrogen (secondary N) is 2. The van der Waals surface area contributed by atoms with Gasteiger partial charge in [0.05, 0.1) is 11.5 Å². The molecule has 0 heterocycles. The molecule has 0 saturated carbocycles. The molecule has 152 valence electrons. The molecule has 0 aliphatic rings. The molecule has 1 aromatic carbocycles. The first kappa shape index (κ1) is 23.1. The highest BCUT2D eigenvalue weighted by Gasteiger charge is 2.28. The molecule has 0 aromatic heterocycles. The van der Waals surface area contributed by atoms with Crippen LogP contribution in [0.5, 0.6) is 0 Å². The molecule has 0 unspecified atom stereocenters. The van der Waals surface area contributed by atoms with Gasteiger partial charge in [-0.05, 0) is 37.8 Å². The van der Waals surface area contributed by atoms with Crippen LogP contribution in [0, 0.1) is 18.8 Å². The van der Waals surface area contributed by atoms with Gasteiger partial charge in [-0.2, -0.15) is 4.72 Å². The van der Waals surface area contributed by atoms with Gasteiger partial charge in [0.25, 0.3) is 0 Å². The molecule has 0 aliphatic carbocycles. The molecule has 1 rings (SSSR count). The van der Waals surface area contributed by atoms with Crippen molar-refractivity contribution in [3.05, 3.63) is 29.8 Å². The van der Waals surface area contributed by atoms with Crippen molar-refractivity contribution in [2.24, 2.45) is 11.8 Å². The maximum atomic E-state index is 12.6. The maximum Gasteiger partial charge on any atom is 0.306 e. The Balaban J connectivity index is 2.73. The molecule has 1 amide bonds. The van der Waals surface area contributed by atoms with Crippen molar-refractivity contribution in [3.63, 3.8) is 0 Å². The third-order valence-corrected chi connectivity index (χ3v) is 5.46. The Bertz CT molecular complexity index is 729. The van der Waals surface area contributed by atoms with E-state index in [-0.39, 0.29) is 35.7 Å². The summed E-state index contributed by atoms with van der Waals surface area (Å²) in [5.41, 5.74) is 0.947. The van der Waals surface area contributed by atoms with Gasteiger partial charge >= 0.3 is 5.97 Å². The summed E-state index contributed by atoms with van der Waals surface area (Å²) >= 11 is 0. The fourth-order valence-electron chi connectivity index (χ4n) is 2.41. The maximum absolute atomic E-state index is 12.6. The van der Waals surface area contributed by atoms with Crippen LogP contribution in [0.4, 0.5) is 0 Å². The average molecular weight is 399 g/mol. The molecule has 27 heavy (non-hydrogen) atoms. The summed E-state index contributed by atoms with van der Waals surface area (Å²) in [6, 6.07) is 5.51. The van der Waals surface area contributed by atoms with Gasteiger partial charge in [-0.1, -0.05) is 38.5 Å². The molecule has 0 spiro atoms. The number of benzene rings is 1. The minimum absolute atomic E-state index is 0.113. The standard InChI is InChI=1S/C19H30N2O5S/c1-6-26-17(22)11-15(5)12-20-19(23)18(13(2)3)21-27(24,25)16-9-7-14(4)8-10-16/h7-10,13,15,18,21H,6,11-12H2,1-5H3,(H,20,23)/t15-,18-/m0/s1. The van der Waals surface area contributed by atoms with Crippen LogP contribution in [-0.4, -0.2) is 39.5 Å². The quantitative estimate of drug-likeness (QED) is 0.587. The van der Waals surface area contributed by atoms with Gasteiger partial charge in [0.2, 0.25) is 15.9 Å². The lowest BCUT2D eigenvalue weighted by atomic mass is 10.0. The predicted molar refractivity (Wildman–Crippen MR) is 104 cm³/mol. The van der Waals surface area contributed by atoms with Gasteiger partial charge in [0.15, 0.2) is 0 Å². The van der Waals surface area contributed by atoms with Crippen molar-refractivity contribution in [1.29, 1.82) is 0 Å². The second kappa shape index (κ2) is 10.4. The van der Waals surface area contributed by atoms with Gasteiger partial charge in [-0.3, -0.25) is 9.59 Å². The number of ether oxygens (including phenoxy) is 1. The normalized spacial score (nSPS) is 13.9. The molecule has 0 bridgehead atoms. The molecule has 8 heteroatoms. The second-order valence-corrected chi connectivity index (χ2v) is 8.73. The minimum atomic E-state index is -3.82. The zero-order valence-electron chi connectivity index (χ0n) is 16.6. The van der Waals surface area contributed by atoms with E-state index in [1.165, 1.54) is 12.1 Å². The summed E-state index contributed by atoms with van der Waals surface area (Å²) in [4.78, 5) is 24.1. The highest BCUT2D eigenvalue weighted by atomic mass is 32.2. The number of rotatable bonds is 10. The summed E-state index contributed by atoms with van der Waals surface area (Å²) in [7, 11) is -3.82. The fourth-order valence-corrected chi connectivity index (χ4v) is 3.75. The molecule has 2 atom stereocenters. The van der Waals surface area contributed by atoms with E-state index in [1.807, 2.05) is 13.8 Å². The van der Waals surface area contributed by atoms with Crippen molar-refractivity contribution >= 4 is 21.9 Å². The zero-order chi connectivity index (χ0) is 20.6. The Kier molecular flexibility index (Phi) is 8.92. The van der Waals surface area contributed by atoms with Crippen LogP contribution in [0.25, 0.3) is 0 Å². The molecule has 0 saturated heterocycles. The first-order valence-corrected chi connectivity index (χ1v) is 10.6. The first-order valence-electron chi connectivity index (χ1n) is 9.09. The summed E-state index contributed by atoms with van der Waals surface area (Å²) in [5, 5.41) is 2.72. The fraction of sp³-hybridized carbons (Fsp3) is 0.579. The van der Waals surface area contributed by atoms with Crippen LogP contribution in [0.15, 0.2) is 29.2 Å². The van der Waals surface area contributed by atoms with E-state index in [9.17, 15) is 18.0 Å². The van der Waals surface area contributed by atoms with Crippen molar-refractivity contribution < 1.29 is 22.7 Å². The van der Waals surface area contributed by atoms with Gasteiger partial charge in [-0.25, -0.2) is 8.42 Å². The number of esters is 1. The molecule has 0 aliphatic heterocycles. The van der Waals surface area contributed by atoms with Crippen LogP contribution < -0.4 is 10.0 Å². The van der Waals surface area contributed by atoms with Crippen LogP contribution in [0.3, 0.4) is 0 Å². The highest BCUT2D eigenvalue weighted by Crippen LogP contribution is 2.13. The van der Waals surface area contributed by atoms with E-state index < -0.39 is 22.0 Å². The second-order valence-electron chi connectivity index (χ2n) is 7.02. The number of sulfonamides is 1. The average Bonchev–Trinajstić information content (AvgIpc) is 2.58. The van der Waals surface area contributed by atoms with E-state index in [1.54, 1.807) is 32.9 Å². The molecule has 1 aromatic rings. The third kappa shape index (κ3) is 7.68. The van der Waals surface area contributed by atoms with E-state index in [2.05, 4.69) is 10.0 Å². The smallest absolute Gasteiger partial charge is 0.306 e. The summed E-state index contributed by atoms with van der Waals surface area (Å²) in [5.74, 6) is -1.10. The topological polar surface area (TPSA) is 102 Å². The van der Waals surface area contributed by atoms with E-state index in [0.29, 0.717) is 6.61 Å². The number of aryl methyl sites for hydroxylation is 1. The lowest BCUT2D eigenvalue weighted by molar-refractivity contribution is -0.144. The molecule has 7 nitrogen and oxygen atoms in total. The monoisotopic (exact) mass is 398 g/mol. The predicted octanol–water partition coefficient (Wildman–Crippen LogP) is 2.00. The minimum Gasteiger partial charge on any atom is -0.466 e. The Morgan fingerprint density at radius 1 is 1.11 bits per heavy atom. The van der Waals surface area contributed by atoms with Crippen LogP contribution in [0.1, 0.15) is 39.7 Å². The Hall–Kier alpha value is -1.93. The summed E-state index contributed by atoms with van der Waals surface area (Å²) in [6.45, 7) is 9.52. The van der Waals surface area contributed by atoms with Crippen molar-refractivity contribution in [1.82, 2.24) is 10.0 Å². The van der Waals surface area contributed by atoms with Crippen LogP contribution in [-0.2, 0) is 24.3 Å². The number of hydrogen-bond donors (Lipinski definition) is 2. The number of carbonyl (C=O) groups is 2. The molecular weight excluding hydrogens is 368 g/mol. The van der Waals surface area contributed by atoms with Gasteiger partial charge in [0.1, 0.15) is 6.04 Å². The van der Waals surface area contributed by atoms with Gasteiger partial charge in [0, 0.05) is 13.0 Å². The number of hydrogen-bond acceptors (Lipinski definition) is 5. The lowest BCUT2D eigenvalue weighted by Crippen LogP contribution is -2.50. The van der Waals surface area contributed by atoms with E-state index >= 15 is 0 Å². The third-order valence-electron chi connectivity index (χ3n) is 4.01. The molecule has 2 N–H and O–H groups in total. The largest absolute Gasteiger partial charge is 0.466 e. The highest BCUT2D eigenvalue weighted by molar-refractivity contribution is 7.89. The van der Waals surface area contributed by atoms with Crippen molar-refractivity contribution in [2.75, 3.05) is 13.2 Å². The summed E-state index contributed by atoms with van der Waals surface area (Å²) < 4.78 is 32.5. The molecule has 0 fully saturated rings. The van der Waals surface area contributed by atoms with Crippen LogP contribution in [0.2, 0.25) is 0 Å². The summed E-state index contributed by atoms with van der Waals surface area (Å²) in [6.07, 6.45) is 0.190. The van der Waals surface area contributed by atoms with Gasteiger partial charge in [-0.15, -0.1) is 0 Å². The SMILES string of the molecule is CCOC(=O)C[C@H](C)CNC(=O)[C@@H](NS(=O)(=O)c1ccc(C)cc1)C(C)C. The Morgan fingerprint density at radius 2 is 1.70 bits per heavy atom. The van der Waals surface area contributed by atoms with Crippen molar-refractivity contribution in [3.8, 4) is 0 Å². The molecule has 0 radical (unpaired) electrons. The number of carbonyl (C=O) groups excluding carboxylic acids is 2. The Morgan fingerprint density at radius 3 is 2.22 bits per heavy atom. The van der Waals surface area contributed by atoms with Gasteiger partial charge < -0.3 is 10.1 Å². The molecular formula is C19H30N2O5S. The first-order chi connectivity index (χ1) is 12.6. The van der Waals surface area contributed by atoms with Crippen molar-refractivity contribution in [2.45, 2.75) is 52.0 Å². The van der Waals surface area contributed by atoms with E-state index in [4.69, 9.17) is 4.74 Å². The van der Waals surface area contributed by atoms with Crippen LogP contribution >= 0.6 is 0 Å².